The fourth-order valence-electron chi connectivity index (χ4n) is 1.04. The smallest absolute Gasteiger partial charge is 0.313 e. The van der Waals surface area contributed by atoms with Crippen molar-refractivity contribution in [2.75, 3.05) is 7.11 Å². The molecule has 0 aromatic heterocycles. The molecule has 0 aliphatic rings. The molecule has 0 amide bonds. The fraction of sp³-hybridized carbons (Fsp3) is 0.636. The first-order valence-electron chi connectivity index (χ1n) is 4.65. The van der Waals surface area contributed by atoms with Crippen LogP contribution >= 0.6 is 0 Å². The minimum absolute atomic E-state index is 0.0776. The Kier molecular flexibility index (Phi) is 5.13. The van der Waals surface area contributed by atoms with Crippen molar-refractivity contribution in [3.05, 3.63) is 12.7 Å². The zero-order valence-electron chi connectivity index (χ0n) is 9.13. The molecule has 0 radical (unpaired) electrons. The van der Waals surface area contributed by atoms with E-state index < -0.39 is 11.4 Å². The lowest BCUT2D eigenvalue weighted by atomic mass is 9.82. The van der Waals surface area contributed by atoms with E-state index in [0.717, 1.165) is 6.42 Å². The van der Waals surface area contributed by atoms with E-state index in [0.29, 0.717) is 6.42 Å². The van der Waals surface area contributed by atoms with Crippen molar-refractivity contribution >= 4 is 11.8 Å². The van der Waals surface area contributed by atoms with Crippen molar-refractivity contribution in [3.8, 4) is 0 Å². The summed E-state index contributed by atoms with van der Waals surface area (Å²) in [5.41, 5.74) is -0.470. The highest BCUT2D eigenvalue weighted by Gasteiger charge is 2.28. The van der Waals surface area contributed by atoms with Crippen LogP contribution in [0.4, 0.5) is 0 Å². The largest absolute Gasteiger partial charge is 0.469 e. The van der Waals surface area contributed by atoms with E-state index in [1.807, 2.05) is 13.8 Å². The molecule has 0 rings (SSSR count). The number of rotatable bonds is 6. The number of ether oxygens (including phenoxy) is 1. The zero-order chi connectivity index (χ0) is 11.2. The van der Waals surface area contributed by atoms with E-state index in [-0.39, 0.29) is 12.2 Å². The average Bonchev–Trinajstić information content (AvgIpc) is 2.14. The lowest BCUT2D eigenvalue weighted by Gasteiger charge is -2.21. The number of carbonyl (C=O) groups excluding carboxylic acids is 2. The Morgan fingerprint density at radius 3 is 2.43 bits per heavy atom. The maximum atomic E-state index is 11.6. The third-order valence-electron chi connectivity index (χ3n) is 2.26. The Balaban J connectivity index is 4.20. The first kappa shape index (κ1) is 12.9. The van der Waals surface area contributed by atoms with Crippen LogP contribution in [0.25, 0.3) is 0 Å². The molecule has 0 N–H and O–H groups in total. The molecular weight excluding hydrogens is 180 g/mol. The molecule has 3 nitrogen and oxygen atoms in total. The molecular formula is C11H18O3. The topological polar surface area (TPSA) is 43.4 Å². The zero-order valence-corrected chi connectivity index (χ0v) is 9.13. The maximum Gasteiger partial charge on any atom is 0.313 e. The number of hydrogen-bond donors (Lipinski definition) is 0. The molecule has 0 atom stereocenters. The highest BCUT2D eigenvalue weighted by molar-refractivity contribution is 5.98. The van der Waals surface area contributed by atoms with Crippen molar-refractivity contribution in [1.29, 1.82) is 0 Å². The van der Waals surface area contributed by atoms with Crippen LogP contribution in [0.1, 0.15) is 33.1 Å². The second-order valence-electron chi connectivity index (χ2n) is 3.89. The lowest BCUT2D eigenvalue weighted by Crippen LogP contribution is -2.26. The van der Waals surface area contributed by atoms with E-state index in [4.69, 9.17) is 0 Å². The normalized spacial score (nSPS) is 10.8. The van der Waals surface area contributed by atoms with Crippen molar-refractivity contribution in [2.45, 2.75) is 33.1 Å². The molecule has 0 aliphatic heterocycles. The van der Waals surface area contributed by atoms with E-state index >= 15 is 0 Å². The summed E-state index contributed by atoms with van der Waals surface area (Å²) in [5, 5.41) is 0. The Hall–Kier alpha value is -1.12. The first-order chi connectivity index (χ1) is 6.44. The Bertz CT molecular complexity index is 229. The molecule has 3 heteroatoms. The molecule has 14 heavy (non-hydrogen) atoms. The lowest BCUT2D eigenvalue weighted by molar-refractivity contribution is -0.145. The van der Waals surface area contributed by atoms with Gasteiger partial charge < -0.3 is 4.74 Å². The van der Waals surface area contributed by atoms with Crippen LogP contribution in [0.2, 0.25) is 0 Å². The molecule has 0 saturated carbocycles. The van der Waals surface area contributed by atoms with Gasteiger partial charge in [0.25, 0.3) is 0 Å². The van der Waals surface area contributed by atoms with Gasteiger partial charge in [0.1, 0.15) is 12.2 Å². The summed E-state index contributed by atoms with van der Waals surface area (Å²) < 4.78 is 4.44. The predicted molar refractivity (Wildman–Crippen MR) is 54.9 cm³/mol. The molecule has 0 spiro atoms. The Morgan fingerprint density at radius 1 is 1.43 bits per heavy atom. The molecule has 0 heterocycles. The van der Waals surface area contributed by atoms with Gasteiger partial charge in [-0.1, -0.05) is 19.9 Å². The minimum Gasteiger partial charge on any atom is -0.469 e. The van der Waals surface area contributed by atoms with Crippen molar-refractivity contribution in [2.24, 2.45) is 5.41 Å². The summed E-state index contributed by atoms with van der Waals surface area (Å²) in [6.07, 6.45) is 3.13. The number of allylic oxidation sites excluding steroid dienone is 1. The van der Waals surface area contributed by atoms with E-state index in [1.54, 1.807) is 6.08 Å². The Morgan fingerprint density at radius 2 is 2.00 bits per heavy atom. The number of methoxy groups -OCH3 is 1. The molecule has 0 fully saturated rings. The molecule has 0 aliphatic carbocycles. The molecule has 0 unspecified atom stereocenters. The van der Waals surface area contributed by atoms with Gasteiger partial charge >= 0.3 is 5.97 Å². The van der Waals surface area contributed by atoms with Crippen molar-refractivity contribution in [3.63, 3.8) is 0 Å². The van der Waals surface area contributed by atoms with Crippen LogP contribution in [-0.2, 0) is 14.3 Å². The summed E-state index contributed by atoms with van der Waals surface area (Å²) in [4.78, 5) is 22.5. The number of hydrogen-bond acceptors (Lipinski definition) is 3. The van der Waals surface area contributed by atoms with Crippen LogP contribution in [0.3, 0.4) is 0 Å². The van der Waals surface area contributed by atoms with Gasteiger partial charge in [-0.3, -0.25) is 9.59 Å². The number of esters is 1. The number of ketones is 1. The standard InChI is InChI=1S/C11H18O3/c1-5-6-7-11(2,3)9(12)8-10(13)14-4/h5H,1,6-8H2,2-4H3. The predicted octanol–water partition coefficient (Wildman–Crippen LogP) is 2.11. The maximum absolute atomic E-state index is 11.6. The van der Waals surface area contributed by atoms with E-state index in [9.17, 15) is 9.59 Å². The fourth-order valence-corrected chi connectivity index (χ4v) is 1.04. The molecule has 0 saturated heterocycles. The van der Waals surface area contributed by atoms with Gasteiger partial charge in [0.2, 0.25) is 0 Å². The average molecular weight is 198 g/mol. The second kappa shape index (κ2) is 5.58. The van der Waals surface area contributed by atoms with Gasteiger partial charge in [-0.25, -0.2) is 0 Å². The van der Waals surface area contributed by atoms with Gasteiger partial charge in [-0.05, 0) is 12.8 Å². The van der Waals surface area contributed by atoms with Crippen LogP contribution in [0.5, 0.6) is 0 Å². The van der Waals surface area contributed by atoms with Crippen molar-refractivity contribution in [1.82, 2.24) is 0 Å². The third kappa shape index (κ3) is 4.21. The monoisotopic (exact) mass is 198 g/mol. The summed E-state index contributed by atoms with van der Waals surface area (Å²) in [7, 11) is 1.28. The van der Waals surface area contributed by atoms with Crippen LogP contribution < -0.4 is 0 Å². The highest BCUT2D eigenvalue weighted by Crippen LogP contribution is 2.25. The van der Waals surface area contributed by atoms with Crippen molar-refractivity contribution < 1.29 is 14.3 Å². The van der Waals surface area contributed by atoms with Gasteiger partial charge in [0.15, 0.2) is 0 Å². The van der Waals surface area contributed by atoms with Crippen LogP contribution in [-0.4, -0.2) is 18.9 Å². The minimum atomic E-state index is -0.471. The summed E-state index contributed by atoms with van der Waals surface area (Å²) in [6.45, 7) is 7.27. The molecule has 0 aromatic rings. The van der Waals surface area contributed by atoms with Crippen LogP contribution in [0, 0.1) is 5.41 Å². The Labute approximate surface area is 85.1 Å². The van der Waals surface area contributed by atoms with Gasteiger partial charge in [-0.2, -0.15) is 0 Å². The van der Waals surface area contributed by atoms with Gasteiger partial charge in [-0.15, -0.1) is 6.58 Å². The number of carbonyl (C=O) groups is 2. The van der Waals surface area contributed by atoms with Gasteiger partial charge in [0, 0.05) is 5.41 Å². The SMILES string of the molecule is C=CCCC(C)(C)C(=O)CC(=O)OC. The van der Waals surface area contributed by atoms with E-state index in [1.165, 1.54) is 7.11 Å². The third-order valence-corrected chi connectivity index (χ3v) is 2.26. The molecule has 0 aromatic carbocycles. The van der Waals surface area contributed by atoms with E-state index in [2.05, 4.69) is 11.3 Å². The molecule has 0 bridgehead atoms. The second-order valence-corrected chi connectivity index (χ2v) is 3.89. The van der Waals surface area contributed by atoms with Gasteiger partial charge in [0.05, 0.1) is 7.11 Å². The van der Waals surface area contributed by atoms with Crippen LogP contribution in [0.15, 0.2) is 12.7 Å². The number of Topliss-reactive ketones (excluding diaryl/α,β-unsaturated/α-hetero) is 1. The summed E-state index contributed by atoms with van der Waals surface area (Å²) >= 11 is 0. The highest BCUT2D eigenvalue weighted by atomic mass is 16.5. The first-order valence-corrected chi connectivity index (χ1v) is 4.65. The molecule has 80 valence electrons. The summed E-state index contributed by atoms with van der Waals surface area (Å²) in [5.74, 6) is -0.548. The summed E-state index contributed by atoms with van der Waals surface area (Å²) in [6, 6.07) is 0. The quantitative estimate of drug-likeness (QED) is 0.373.